The Balaban J connectivity index is 1.82. The summed E-state index contributed by atoms with van der Waals surface area (Å²) in [6.45, 7) is 1.36. The Labute approximate surface area is 186 Å². The van der Waals surface area contributed by atoms with E-state index in [9.17, 15) is 29.6 Å². The molecule has 4 rings (SSSR count). The van der Waals surface area contributed by atoms with Crippen molar-refractivity contribution in [1.82, 2.24) is 0 Å². The predicted octanol–water partition coefficient (Wildman–Crippen LogP) is 3.77. The van der Waals surface area contributed by atoms with Crippen LogP contribution in [0.5, 0.6) is 0 Å². The highest BCUT2D eigenvalue weighted by atomic mass is 16.6. The summed E-state index contributed by atoms with van der Waals surface area (Å²) in [5.41, 5.74) is 0.582. The number of nitrogens with one attached hydrogen (secondary N) is 1. The molecule has 1 atom stereocenters. The van der Waals surface area contributed by atoms with E-state index in [1.54, 1.807) is 36.4 Å². The van der Waals surface area contributed by atoms with Crippen LogP contribution in [-0.2, 0) is 14.4 Å². The number of hydrogen-bond acceptors (Lipinski definition) is 7. The molecule has 0 bridgehead atoms. The molecule has 1 saturated heterocycles. The van der Waals surface area contributed by atoms with Gasteiger partial charge in [-0.15, -0.1) is 0 Å². The van der Waals surface area contributed by atoms with E-state index in [-0.39, 0.29) is 28.5 Å². The third kappa shape index (κ3) is 3.97. The predicted molar refractivity (Wildman–Crippen MR) is 117 cm³/mol. The van der Waals surface area contributed by atoms with Gasteiger partial charge in [-0.1, -0.05) is 0 Å². The van der Waals surface area contributed by atoms with E-state index in [0.717, 1.165) is 0 Å². The molecule has 1 unspecified atom stereocenters. The van der Waals surface area contributed by atoms with Crippen LogP contribution in [0.3, 0.4) is 0 Å². The molecular formula is C23H17N3O7. The third-order valence-electron chi connectivity index (χ3n) is 5.07. The molecule has 0 saturated carbocycles. The van der Waals surface area contributed by atoms with Crippen LogP contribution in [0.1, 0.15) is 24.3 Å². The van der Waals surface area contributed by atoms with Crippen molar-refractivity contribution in [2.75, 3.05) is 10.2 Å². The van der Waals surface area contributed by atoms with E-state index < -0.39 is 28.4 Å². The number of nitrogens with zero attached hydrogens (tertiary/aromatic N) is 2. The van der Waals surface area contributed by atoms with Crippen molar-refractivity contribution in [2.45, 2.75) is 13.0 Å². The summed E-state index contributed by atoms with van der Waals surface area (Å²) in [4.78, 5) is 48.8. The quantitative estimate of drug-likeness (QED) is 0.199. The van der Waals surface area contributed by atoms with Crippen molar-refractivity contribution in [3.05, 3.63) is 93.9 Å². The van der Waals surface area contributed by atoms with Gasteiger partial charge in [-0.25, -0.2) is 0 Å². The van der Waals surface area contributed by atoms with Crippen LogP contribution in [0.15, 0.2) is 76.9 Å². The summed E-state index contributed by atoms with van der Waals surface area (Å²) in [6, 6.07) is 13.3. The molecule has 10 nitrogen and oxygen atoms in total. The second-order valence-corrected chi connectivity index (χ2v) is 7.22. The number of non-ortho nitro benzene ring substituents is 1. The number of anilines is 2. The monoisotopic (exact) mass is 447 g/mol. The molecule has 2 N–H and O–H groups in total. The molecule has 0 radical (unpaired) electrons. The molecule has 1 aliphatic heterocycles. The van der Waals surface area contributed by atoms with Gasteiger partial charge in [0.15, 0.2) is 0 Å². The molecule has 33 heavy (non-hydrogen) atoms. The zero-order valence-electron chi connectivity index (χ0n) is 17.2. The molecular weight excluding hydrogens is 430 g/mol. The number of Topliss-reactive ketones (excluding diaryl/α,β-unsaturated/α-hetero) is 1. The normalized spacial score (nSPS) is 17.2. The van der Waals surface area contributed by atoms with E-state index in [4.69, 9.17) is 4.42 Å². The topological polar surface area (TPSA) is 143 Å². The number of amides is 2. The second kappa shape index (κ2) is 8.42. The highest BCUT2D eigenvalue weighted by molar-refractivity contribution is 6.51. The fourth-order valence-electron chi connectivity index (χ4n) is 3.62. The Hall–Kier alpha value is -4.73. The lowest BCUT2D eigenvalue weighted by Gasteiger charge is -2.23. The van der Waals surface area contributed by atoms with Crippen LogP contribution >= 0.6 is 0 Å². The maximum absolute atomic E-state index is 13.0. The van der Waals surface area contributed by atoms with E-state index in [0.29, 0.717) is 11.4 Å². The van der Waals surface area contributed by atoms with Gasteiger partial charge in [-0.3, -0.25) is 29.4 Å². The number of nitro groups is 1. The number of carbonyl (C=O) groups excluding carboxylic acids is 3. The van der Waals surface area contributed by atoms with E-state index in [1.165, 1.54) is 42.4 Å². The molecule has 2 heterocycles. The first-order valence-electron chi connectivity index (χ1n) is 9.75. The van der Waals surface area contributed by atoms with Crippen molar-refractivity contribution in [3.8, 4) is 0 Å². The number of furan rings is 1. The number of carbonyl (C=O) groups is 3. The van der Waals surface area contributed by atoms with Gasteiger partial charge >= 0.3 is 0 Å². The van der Waals surface area contributed by atoms with Gasteiger partial charge < -0.3 is 14.8 Å². The van der Waals surface area contributed by atoms with Gasteiger partial charge in [0.1, 0.15) is 17.6 Å². The minimum Gasteiger partial charge on any atom is -0.507 e. The van der Waals surface area contributed by atoms with Gasteiger partial charge in [-0.2, -0.15) is 0 Å². The minimum absolute atomic E-state index is 0.135. The van der Waals surface area contributed by atoms with Crippen molar-refractivity contribution < 1.29 is 28.8 Å². The zero-order chi connectivity index (χ0) is 23.7. The number of aliphatic hydroxyl groups is 1. The molecule has 2 aromatic carbocycles. The molecule has 166 valence electrons. The van der Waals surface area contributed by atoms with E-state index in [1.807, 2.05) is 0 Å². The first-order valence-corrected chi connectivity index (χ1v) is 9.75. The largest absolute Gasteiger partial charge is 0.507 e. The minimum atomic E-state index is -1.07. The van der Waals surface area contributed by atoms with Crippen molar-refractivity contribution >= 4 is 40.4 Å². The Bertz CT molecular complexity index is 1280. The molecule has 1 aliphatic rings. The molecule has 10 heteroatoms. The van der Waals surface area contributed by atoms with Gasteiger partial charge in [0, 0.05) is 36.0 Å². The van der Waals surface area contributed by atoms with Crippen LogP contribution in [0.4, 0.5) is 17.1 Å². The van der Waals surface area contributed by atoms with E-state index in [2.05, 4.69) is 5.32 Å². The van der Waals surface area contributed by atoms with Crippen molar-refractivity contribution in [1.29, 1.82) is 0 Å². The van der Waals surface area contributed by atoms with Crippen molar-refractivity contribution in [3.63, 3.8) is 0 Å². The molecule has 1 aromatic heterocycles. The standard InChI is InChI=1S/C23H17N3O7/c1-13(27)24-15-6-10-16(11-7-15)25-20(18-3-2-12-33-18)19(22(29)23(25)30)21(28)14-4-8-17(9-5-14)26(31)32/h2-12,20,28H,1H3,(H,24,27)/b21-19-. The number of ketones is 1. The average Bonchev–Trinajstić information content (AvgIpc) is 3.41. The summed E-state index contributed by atoms with van der Waals surface area (Å²) in [5.74, 6) is -2.32. The summed E-state index contributed by atoms with van der Waals surface area (Å²) in [6.07, 6.45) is 1.38. The SMILES string of the molecule is CC(=O)Nc1ccc(N2C(=O)C(=O)/C(=C(\O)c3ccc([N+](=O)[O-])cc3)C2c2ccco2)cc1. The lowest BCUT2D eigenvalue weighted by Crippen LogP contribution is -2.29. The van der Waals surface area contributed by atoms with Gasteiger partial charge in [0.25, 0.3) is 17.4 Å². The lowest BCUT2D eigenvalue weighted by atomic mass is 9.99. The summed E-state index contributed by atoms with van der Waals surface area (Å²) in [7, 11) is 0. The first-order chi connectivity index (χ1) is 15.8. The fourth-order valence-corrected chi connectivity index (χ4v) is 3.62. The average molecular weight is 447 g/mol. The van der Waals surface area contributed by atoms with Crippen LogP contribution in [0.25, 0.3) is 5.76 Å². The molecule has 0 spiro atoms. The fraction of sp³-hybridized carbons (Fsp3) is 0.0870. The third-order valence-corrected chi connectivity index (χ3v) is 5.07. The van der Waals surface area contributed by atoms with Crippen LogP contribution < -0.4 is 10.2 Å². The summed E-state index contributed by atoms with van der Waals surface area (Å²) in [5, 5.41) is 24.5. The summed E-state index contributed by atoms with van der Waals surface area (Å²) >= 11 is 0. The zero-order valence-corrected chi connectivity index (χ0v) is 17.2. The Morgan fingerprint density at radius 1 is 1.09 bits per heavy atom. The number of nitro benzene ring substituents is 1. The van der Waals surface area contributed by atoms with E-state index >= 15 is 0 Å². The maximum atomic E-state index is 13.0. The van der Waals surface area contributed by atoms with Gasteiger partial charge in [0.2, 0.25) is 5.91 Å². The van der Waals surface area contributed by atoms with Gasteiger partial charge in [0.05, 0.1) is 16.8 Å². The summed E-state index contributed by atoms with van der Waals surface area (Å²) < 4.78 is 5.47. The van der Waals surface area contributed by atoms with Crippen LogP contribution in [0.2, 0.25) is 0 Å². The number of rotatable bonds is 5. The van der Waals surface area contributed by atoms with Gasteiger partial charge in [-0.05, 0) is 48.5 Å². The second-order valence-electron chi connectivity index (χ2n) is 7.22. The highest BCUT2D eigenvalue weighted by Crippen LogP contribution is 2.42. The number of aliphatic hydroxyl groups excluding tert-OH is 1. The van der Waals surface area contributed by atoms with Crippen molar-refractivity contribution in [2.24, 2.45) is 0 Å². The smallest absolute Gasteiger partial charge is 0.300 e. The highest BCUT2D eigenvalue weighted by Gasteiger charge is 2.48. The van der Waals surface area contributed by atoms with Crippen LogP contribution in [0, 0.1) is 10.1 Å². The first kappa shape index (κ1) is 21.5. The Morgan fingerprint density at radius 3 is 2.30 bits per heavy atom. The Kier molecular flexibility index (Phi) is 5.49. The Morgan fingerprint density at radius 2 is 1.76 bits per heavy atom. The maximum Gasteiger partial charge on any atom is 0.300 e. The molecule has 2 amide bonds. The molecule has 3 aromatic rings. The number of hydrogen-bond donors (Lipinski definition) is 2. The number of benzene rings is 2. The van der Waals surface area contributed by atoms with Crippen LogP contribution in [-0.4, -0.2) is 27.6 Å². The molecule has 1 fully saturated rings. The molecule has 0 aliphatic carbocycles. The lowest BCUT2D eigenvalue weighted by molar-refractivity contribution is -0.384.